The van der Waals surface area contributed by atoms with E-state index >= 15 is 0 Å². The average Bonchev–Trinajstić information content (AvgIpc) is 3.10. The predicted octanol–water partition coefficient (Wildman–Crippen LogP) is 3.35. The molecule has 1 aromatic heterocycles. The van der Waals surface area contributed by atoms with Gasteiger partial charge in [-0.3, -0.25) is 9.48 Å². The number of carbonyl (C=O) groups is 1. The van der Waals surface area contributed by atoms with Gasteiger partial charge < -0.3 is 10.1 Å². The highest BCUT2D eigenvalue weighted by Crippen LogP contribution is 2.24. The number of carbonyl (C=O) groups excluding carboxylic acids is 1. The lowest BCUT2D eigenvalue weighted by atomic mass is 9.98. The van der Waals surface area contributed by atoms with Gasteiger partial charge in [-0.1, -0.05) is 42.5 Å². The number of hydrogen-bond acceptors (Lipinski definition) is 3. The molecule has 0 radical (unpaired) electrons. The first-order valence-electron chi connectivity index (χ1n) is 8.32. The summed E-state index contributed by atoms with van der Waals surface area (Å²) >= 11 is 0. The van der Waals surface area contributed by atoms with Crippen molar-refractivity contribution in [2.75, 3.05) is 7.11 Å². The second kappa shape index (κ2) is 8.16. The van der Waals surface area contributed by atoms with Gasteiger partial charge in [0.1, 0.15) is 5.75 Å². The minimum atomic E-state index is -0.242. The second-order valence-electron chi connectivity index (χ2n) is 5.91. The van der Waals surface area contributed by atoms with Crippen LogP contribution in [-0.2, 0) is 11.8 Å². The molecule has 1 heterocycles. The van der Waals surface area contributed by atoms with E-state index in [0.29, 0.717) is 0 Å². The molecule has 0 spiro atoms. The number of ether oxygens (including phenoxy) is 1. The van der Waals surface area contributed by atoms with Crippen molar-refractivity contribution in [1.82, 2.24) is 15.1 Å². The number of nitrogens with one attached hydrogen (secondary N) is 1. The van der Waals surface area contributed by atoms with E-state index in [2.05, 4.69) is 10.4 Å². The molecule has 0 fully saturated rings. The molecule has 3 rings (SSSR count). The van der Waals surface area contributed by atoms with E-state index in [1.807, 2.05) is 67.8 Å². The Hall–Kier alpha value is -3.34. The Balaban J connectivity index is 1.81. The highest BCUT2D eigenvalue weighted by atomic mass is 16.5. The first kappa shape index (κ1) is 17.5. The first-order chi connectivity index (χ1) is 12.7. The molecule has 5 nitrogen and oxygen atoms in total. The van der Waals surface area contributed by atoms with E-state index in [1.54, 1.807) is 24.1 Å². The molecular formula is C21H21N3O2. The van der Waals surface area contributed by atoms with Crippen molar-refractivity contribution in [3.63, 3.8) is 0 Å². The fourth-order valence-electron chi connectivity index (χ4n) is 2.69. The van der Waals surface area contributed by atoms with Crippen molar-refractivity contribution in [2.45, 2.75) is 6.04 Å². The molecule has 1 N–H and O–H groups in total. The van der Waals surface area contributed by atoms with Crippen molar-refractivity contribution < 1.29 is 9.53 Å². The van der Waals surface area contributed by atoms with Crippen molar-refractivity contribution >= 4 is 12.0 Å². The van der Waals surface area contributed by atoms with E-state index in [-0.39, 0.29) is 11.9 Å². The number of nitrogens with zero attached hydrogens (tertiary/aromatic N) is 2. The maximum absolute atomic E-state index is 12.5. The van der Waals surface area contributed by atoms with Gasteiger partial charge in [-0.05, 0) is 29.3 Å². The molecule has 0 saturated heterocycles. The van der Waals surface area contributed by atoms with Crippen molar-refractivity contribution in [1.29, 1.82) is 0 Å². The van der Waals surface area contributed by atoms with Crippen molar-refractivity contribution in [2.24, 2.45) is 7.05 Å². The van der Waals surface area contributed by atoms with Crippen LogP contribution in [0.1, 0.15) is 22.7 Å². The van der Waals surface area contributed by atoms with E-state index in [4.69, 9.17) is 4.74 Å². The summed E-state index contributed by atoms with van der Waals surface area (Å²) in [6.45, 7) is 0. The minimum Gasteiger partial charge on any atom is -0.497 e. The van der Waals surface area contributed by atoms with Crippen LogP contribution in [0, 0.1) is 0 Å². The molecule has 1 atom stereocenters. The maximum Gasteiger partial charge on any atom is 0.244 e. The van der Waals surface area contributed by atoms with Gasteiger partial charge in [0.05, 0.1) is 19.3 Å². The minimum absolute atomic E-state index is 0.168. The molecule has 0 aliphatic heterocycles. The molecule has 1 amide bonds. The summed E-state index contributed by atoms with van der Waals surface area (Å²) in [4.78, 5) is 12.5. The van der Waals surface area contributed by atoms with Crippen LogP contribution in [0.5, 0.6) is 5.75 Å². The third kappa shape index (κ3) is 4.39. The van der Waals surface area contributed by atoms with E-state index in [1.165, 1.54) is 6.08 Å². The molecule has 0 aliphatic carbocycles. The third-order valence-electron chi connectivity index (χ3n) is 4.02. The van der Waals surface area contributed by atoms with E-state index in [0.717, 1.165) is 22.4 Å². The summed E-state index contributed by atoms with van der Waals surface area (Å²) in [6, 6.07) is 17.3. The highest BCUT2D eigenvalue weighted by Gasteiger charge is 2.15. The quantitative estimate of drug-likeness (QED) is 0.696. The van der Waals surface area contributed by atoms with Crippen LogP contribution < -0.4 is 10.1 Å². The van der Waals surface area contributed by atoms with Gasteiger partial charge in [-0.15, -0.1) is 0 Å². The van der Waals surface area contributed by atoms with Gasteiger partial charge in [0, 0.05) is 24.9 Å². The van der Waals surface area contributed by atoms with Gasteiger partial charge in [-0.2, -0.15) is 5.10 Å². The predicted molar refractivity (Wildman–Crippen MR) is 102 cm³/mol. The normalized spacial score (nSPS) is 12.1. The van der Waals surface area contributed by atoms with Crippen LogP contribution in [0.2, 0.25) is 0 Å². The number of benzene rings is 2. The monoisotopic (exact) mass is 347 g/mol. The zero-order chi connectivity index (χ0) is 18.4. The Bertz CT molecular complexity index is 883. The molecule has 0 bridgehead atoms. The smallest absolute Gasteiger partial charge is 0.244 e. The van der Waals surface area contributed by atoms with Crippen LogP contribution in [-0.4, -0.2) is 22.8 Å². The lowest BCUT2D eigenvalue weighted by Crippen LogP contribution is -2.27. The zero-order valence-corrected chi connectivity index (χ0v) is 14.8. The lowest BCUT2D eigenvalue weighted by molar-refractivity contribution is -0.116. The van der Waals surface area contributed by atoms with Crippen LogP contribution in [0.4, 0.5) is 0 Å². The molecule has 0 aliphatic rings. The number of amides is 1. The Morgan fingerprint density at radius 2 is 1.81 bits per heavy atom. The molecule has 5 heteroatoms. The number of rotatable bonds is 6. The SMILES string of the molecule is COc1ccc(C(NC(=O)C=Cc2cnn(C)c2)c2ccccc2)cc1. The van der Waals surface area contributed by atoms with Crippen molar-refractivity contribution in [3.05, 3.63) is 89.8 Å². The number of methoxy groups -OCH3 is 1. The Morgan fingerprint density at radius 3 is 2.42 bits per heavy atom. The molecule has 3 aromatic rings. The van der Waals surface area contributed by atoms with Gasteiger partial charge in [0.15, 0.2) is 0 Å². The molecular weight excluding hydrogens is 326 g/mol. The Labute approximate surface area is 152 Å². The number of aromatic nitrogens is 2. The summed E-state index contributed by atoms with van der Waals surface area (Å²) in [5.74, 6) is 0.613. The van der Waals surface area contributed by atoms with Crippen LogP contribution in [0.25, 0.3) is 6.08 Å². The number of hydrogen-bond donors (Lipinski definition) is 1. The largest absolute Gasteiger partial charge is 0.497 e. The van der Waals surface area contributed by atoms with Crippen LogP contribution in [0.15, 0.2) is 73.1 Å². The van der Waals surface area contributed by atoms with Gasteiger partial charge in [0.2, 0.25) is 5.91 Å². The summed E-state index contributed by atoms with van der Waals surface area (Å²) in [6.07, 6.45) is 6.83. The fourth-order valence-corrected chi connectivity index (χ4v) is 2.69. The molecule has 1 unspecified atom stereocenters. The first-order valence-corrected chi connectivity index (χ1v) is 8.32. The topological polar surface area (TPSA) is 56.1 Å². The Kier molecular flexibility index (Phi) is 5.49. The summed E-state index contributed by atoms with van der Waals surface area (Å²) in [7, 11) is 3.47. The van der Waals surface area contributed by atoms with Gasteiger partial charge in [0.25, 0.3) is 0 Å². The van der Waals surface area contributed by atoms with Crippen LogP contribution >= 0.6 is 0 Å². The second-order valence-corrected chi connectivity index (χ2v) is 5.91. The highest BCUT2D eigenvalue weighted by molar-refractivity contribution is 5.92. The van der Waals surface area contributed by atoms with Gasteiger partial charge >= 0.3 is 0 Å². The molecule has 26 heavy (non-hydrogen) atoms. The van der Waals surface area contributed by atoms with Crippen LogP contribution in [0.3, 0.4) is 0 Å². The van der Waals surface area contributed by atoms with E-state index in [9.17, 15) is 4.79 Å². The Morgan fingerprint density at radius 1 is 1.12 bits per heavy atom. The third-order valence-corrected chi connectivity index (χ3v) is 4.02. The standard InChI is InChI=1S/C21H21N3O2/c1-24-15-16(14-22-24)8-13-20(25)23-21(17-6-4-3-5-7-17)18-9-11-19(26-2)12-10-18/h3-15,21H,1-2H3,(H,23,25). The molecule has 2 aromatic carbocycles. The summed E-state index contributed by atoms with van der Waals surface area (Å²) in [5.41, 5.74) is 2.88. The fraction of sp³-hybridized carbons (Fsp3) is 0.143. The lowest BCUT2D eigenvalue weighted by Gasteiger charge is -2.19. The average molecular weight is 347 g/mol. The van der Waals surface area contributed by atoms with Gasteiger partial charge in [-0.25, -0.2) is 0 Å². The maximum atomic E-state index is 12.5. The summed E-state index contributed by atoms with van der Waals surface area (Å²) in [5, 5.41) is 7.16. The molecule has 0 saturated carbocycles. The van der Waals surface area contributed by atoms with Crippen molar-refractivity contribution in [3.8, 4) is 5.75 Å². The summed E-state index contributed by atoms with van der Waals surface area (Å²) < 4.78 is 6.91. The zero-order valence-electron chi connectivity index (χ0n) is 14.8. The van der Waals surface area contributed by atoms with E-state index < -0.39 is 0 Å². The number of aryl methyl sites for hydroxylation is 1. The molecule has 132 valence electrons.